The predicted molar refractivity (Wildman–Crippen MR) is 213 cm³/mol. The highest BCUT2D eigenvalue weighted by Gasteiger charge is 2.18. The van der Waals surface area contributed by atoms with Gasteiger partial charge in [0, 0.05) is 43.9 Å². The number of para-hydroxylation sites is 1. The Balaban J connectivity index is 1.13. The van der Waals surface area contributed by atoms with Crippen LogP contribution in [0.2, 0.25) is 0 Å². The van der Waals surface area contributed by atoms with E-state index >= 15 is 0 Å². The van der Waals surface area contributed by atoms with Crippen molar-refractivity contribution >= 4 is 65.3 Å². The van der Waals surface area contributed by atoms with Gasteiger partial charge in [-0.2, -0.15) is 0 Å². The summed E-state index contributed by atoms with van der Waals surface area (Å²) >= 11 is 0. The van der Waals surface area contributed by atoms with Gasteiger partial charge >= 0.3 is 0 Å². The molecule has 0 saturated heterocycles. The second kappa shape index (κ2) is 11.2. The van der Waals surface area contributed by atoms with Crippen LogP contribution >= 0.6 is 0 Å². The largest absolute Gasteiger partial charge is 0.456 e. The van der Waals surface area contributed by atoms with E-state index < -0.39 is 0 Å². The SMILES string of the molecule is c1ccc(-c2nc(-c3cccc(-n4c5cc6ccccc6cc5c5c6ccccc6ccc54)c3)nc(-c3ccc4c(c3)oc3ccccc34)n2)cc1. The number of rotatable bonds is 4. The Bertz CT molecular complexity index is 3190. The molecule has 11 rings (SSSR count). The Kier molecular flexibility index (Phi) is 6.18. The topological polar surface area (TPSA) is 56.7 Å². The Labute approximate surface area is 298 Å². The fourth-order valence-corrected chi connectivity index (χ4v) is 7.75. The van der Waals surface area contributed by atoms with Crippen molar-refractivity contribution in [1.29, 1.82) is 0 Å². The van der Waals surface area contributed by atoms with E-state index in [1.165, 1.54) is 32.3 Å². The minimum absolute atomic E-state index is 0.589. The molecule has 0 amide bonds. The average molecular weight is 665 g/mol. The van der Waals surface area contributed by atoms with E-state index in [9.17, 15) is 0 Å². The van der Waals surface area contributed by atoms with E-state index in [0.29, 0.717) is 17.5 Å². The number of hydrogen-bond donors (Lipinski definition) is 0. The normalized spacial score (nSPS) is 11.8. The van der Waals surface area contributed by atoms with E-state index in [-0.39, 0.29) is 0 Å². The van der Waals surface area contributed by atoms with Crippen LogP contribution in [0.5, 0.6) is 0 Å². The molecule has 0 bridgehead atoms. The van der Waals surface area contributed by atoms with Crippen molar-refractivity contribution in [3.8, 4) is 39.9 Å². The van der Waals surface area contributed by atoms with Crippen LogP contribution in [0.1, 0.15) is 0 Å². The summed E-state index contributed by atoms with van der Waals surface area (Å²) in [4.78, 5) is 15.2. The molecule has 3 aromatic heterocycles. The van der Waals surface area contributed by atoms with Crippen LogP contribution in [0.4, 0.5) is 0 Å². The van der Waals surface area contributed by atoms with Crippen molar-refractivity contribution in [2.24, 2.45) is 0 Å². The second-order valence-electron chi connectivity index (χ2n) is 13.3. The number of furan rings is 1. The first kappa shape index (κ1) is 28.7. The molecule has 11 aromatic rings. The molecule has 0 fully saturated rings. The lowest BCUT2D eigenvalue weighted by Crippen LogP contribution is -2.01. The lowest BCUT2D eigenvalue weighted by molar-refractivity contribution is 0.669. The highest BCUT2D eigenvalue weighted by Crippen LogP contribution is 2.39. The molecular weight excluding hydrogens is 637 g/mol. The first-order valence-electron chi connectivity index (χ1n) is 17.4. The Morgan fingerprint density at radius 1 is 0.365 bits per heavy atom. The zero-order valence-electron chi connectivity index (χ0n) is 27.9. The standard InChI is InChI=1S/C47H28N4O/c1-2-12-30(13-3-1)45-48-46(50-47(49-45)34-21-23-38-37-19-8-9-20-42(37)52-43(38)28-34)33-16-10-17-35(25-33)51-40-24-22-29-11-6-7-18-36(29)44(40)39-26-31-14-4-5-15-32(31)27-41(39)51/h1-28H. The van der Waals surface area contributed by atoms with E-state index in [1.54, 1.807) is 0 Å². The van der Waals surface area contributed by atoms with Gasteiger partial charge in [0.2, 0.25) is 0 Å². The molecule has 0 radical (unpaired) electrons. The van der Waals surface area contributed by atoms with Crippen molar-refractivity contribution in [1.82, 2.24) is 19.5 Å². The van der Waals surface area contributed by atoms with Gasteiger partial charge < -0.3 is 8.98 Å². The Hall–Kier alpha value is -7.11. The summed E-state index contributed by atoms with van der Waals surface area (Å²) in [5.74, 6) is 1.81. The monoisotopic (exact) mass is 664 g/mol. The van der Waals surface area contributed by atoms with Crippen LogP contribution in [0.3, 0.4) is 0 Å². The Morgan fingerprint density at radius 2 is 1.00 bits per heavy atom. The molecule has 0 atom stereocenters. The molecule has 0 N–H and O–H groups in total. The summed E-state index contributed by atoms with van der Waals surface area (Å²) in [5, 5.41) is 9.53. The number of hydrogen-bond acceptors (Lipinski definition) is 4. The highest BCUT2D eigenvalue weighted by molar-refractivity contribution is 6.23. The summed E-state index contributed by atoms with van der Waals surface area (Å²) in [6.07, 6.45) is 0. The van der Waals surface area contributed by atoms with Crippen LogP contribution in [0, 0.1) is 0 Å². The van der Waals surface area contributed by atoms with Crippen LogP contribution in [0.25, 0.3) is 105 Å². The molecule has 0 aliphatic carbocycles. The summed E-state index contributed by atoms with van der Waals surface area (Å²) in [5.41, 5.74) is 7.70. The summed E-state index contributed by atoms with van der Waals surface area (Å²) in [6.45, 7) is 0. The fraction of sp³-hybridized carbons (Fsp3) is 0. The third-order valence-corrected chi connectivity index (χ3v) is 10.2. The minimum Gasteiger partial charge on any atom is -0.456 e. The van der Waals surface area contributed by atoms with Crippen molar-refractivity contribution in [3.05, 3.63) is 170 Å². The molecule has 0 saturated carbocycles. The highest BCUT2D eigenvalue weighted by atomic mass is 16.3. The zero-order chi connectivity index (χ0) is 34.2. The molecule has 0 spiro atoms. The fourth-order valence-electron chi connectivity index (χ4n) is 7.75. The molecular formula is C47H28N4O. The Morgan fingerprint density at radius 3 is 1.83 bits per heavy atom. The lowest BCUT2D eigenvalue weighted by atomic mass is 10.0. The minimum atomic E-state index is 0.589. The molecule has 5 heteroatoms. The van der Waals surface area contributed by atoms with Gasteiger partial charge in [0.1, 0.15) is 11.2 Å². The molecule has 8 aromatic carbocycles. The molecule has 52 heavy (non-hydrogen) atoms. The van der Waals surface area contributed by atoms with E-state index in [4.69, 9.17) is 19.4 Å². The molecule has 3 heterocycles. The van der Waals surface area contributed by atoms with Crippen molar-refractivity contribution in [2.45, 2.75) is 0 Å². The first-order valence-corrected chi connectivity index (χ1v) is 17.4. The van der Waals surface area contributed by atoms with Crippen molar-refractivity contribution in [3.63, 3.8) is 0 Å². The van der Waals surface area contributed by atoms with E-state index in [1.807, 2.05) is 54.6 Å². The first-order chi connectivity index (χ1) is 25.7. The van der Waals surface area contributed by atoms with Crippen molar-refractivity contribution in [2.75, 3.05) is 0 Å². The zero-order valence-corrected chi connectivity index (χ0v) is 27.9. The predicted octanol–water partition coefficient (Wildman–Crippen LogP) is 12.2. The van der Waals surface area contributed by atoms with Crippen molar-refractivity contribution < 1.29 is 4.42 Å². The van der Waals surface area contributed by atoms with Crippen LogP contribution in [-0.4, -0.2) is 19.5 Å². The summed E-state index contributed by atoms with van der Waals surface area (Å²) in [7, 11) is 0. The molecule has 242 valence electrons. The van der Waals surface area contributed by atoms with Crippen LogP contribution in [0.15, 0.2) is 174 Å². The van der Waals surface area contributed by atoms with Gasteiger partial charge in [-0.3, -0.25) is 0 Å². The van der Waals surface area contributed by atoms with E-state index in [0.717, 1.165) is 55.3 Å². The average Bonchev–Trinajstić information content (AvgIpc) is 3.75. The maximum Gasteiger partial charge on any atom is 0.164 e. The van der Waals surface area contributed by atoms with Gasteiger partial charge in [-0.05, 0) is 70.1 Å². The van der Waals surface area contributed by atoms with Gasteiger partial charge in [-0.25, -0.2) is 15.0 Å². The number of aromatic nitrogens is 4. The van der Waals surface area contributed by atoms with Gasteiger partial charge in [0.05, 0.1) is 11.0 Å². The number of fused-ring (bicyclic) bond motifs is 9. The summed E-state index contributed by atoms with van der Waals surface area (Å²) < 4.78 is 8.63. The van der Waals surface area contributed by atoms with E-state index in [2.05, 4.69) is 120 Å². The quantitative estimate of drug-likeness (QED) is 0.188. The van der Waals surface area contributed by atoms with Crippen LogP contribution < -0.4 is 0 Å². The third kappa shape index (κ3) is 4.46. The number of benzene rings is 8. The molecule has 5 nitrogen and oxygen atoms in total. The van der Waals surface area contributed by atoms with Gasteiger partial charge in [-0.15, -0.1) is 0 Å². The number of nitrogens with zero attached hydrogens (tertiary/aromatic N) is 4. The smallest absolute Gasteiger partial charge is 0.164 e. The van der Waals surface area contributed by atoms with Crippen LogP contribution in [-0.2, 0) is 0 Å². The maximum atomic E-state index is 6.25. The van der Waals surface area contributed by atoms with Gasteiger partial charge in [0.15, 0.2) is 17.5 Å². The lowest BCUT2D eigenvalue weighted by Gasteiger charge is -2.12. The molecule has 0 aliphatic heterocycles. The molecule has 0 unspecified atom stereocenters. The third-order valence-electron chi connectivity index (χ3n) is 10.2. The summed E-state index contributed by atoms with van der Waals surface area (Å²) in [6, 6.07) is 59.3. The maximum absolute atomic E-state index is 6.25. The van der Waals surface area contributed by atoms with Gasteiger partial charge in [0.25, 0.3) is 0 Å². The van der Waals surface area contributed by atoms with Gasteiger partial charge in [-0.1, -0.05) is 121 Å². The molecule has 0 aliphatic rings. The second-order valence-corrected chi connectivity index (χ2v) is 13.3.